The number of carbonyl (C=O) groups is 1. The first kappa shape index (κ1) is 15.5. The number of likely N-dealkylation sites (tertiary alicyclic amines) is 1. The molecule has 0 spiro atoms. The first-order valence-electron chi connectivity index (χ1n) is 8.10. The molecule has 1 amide bonds. The van der Waals surface area contributed by atoms with E-state index in [1.54, 1.807) is 12.3 Å². The van der Waals surface area contributed by atoms with Crippen molar-refractivity contribution in [3.8, 4) is 0 Å². The van der Waals surface area contributed by atoms with E-state index in [4.69, 9.17) is 0 Å². The van der Waals surface area contributed by atoms with E-state index in [0.29, 0.717) is 11.6 Å². The van der Waals surface area contributed by atoms with Crippen molar-refractivity contribution in [1.82, 2.24) is 14.9 Å². The molecule has 0 radical (unpaired) electrons. The lowest BCUT2D eigenvalue weighted by Gasteiger charge is -2.26. The number of nitrogens with one attached hydrogen (secondary N) is 1. The summed E-state index contributed by atoms with van der Waals surface area (Å²) >= 11 is 0. The predicted octanol–water partition coefficient (Wildman–Crippen LogP) is 3.46. The maximum absolute atomic E-state index is 12.5. The van der Waals surface area contributed by atoms with Crippen LogP contribution in [0.25, 0.3) is 0 Å². The minimum Gasteiger partial charge on any atom is -0.337 e. The van der Waals surface area contributed by atoms with Crippen molar-refractivity contribution in [3.05, 3.63) is 47.3 Å². The third-order valence-electron chi connectivity index (χ3n) is 4.16. The van der Waals surface area contributed by atoms with Gasteiger partial charge in [0.25, 0.3) is 5.91 Å². The number of benzene rings is 1. The van der Waals surface area contributed by atoms with Gasteiger partial charge in [0, 0.05) is 25.0 Å². The fourth-order valence-electron chi connectivity index (χ4n) is 2.79. The van der Waals surface area contributed by atoms with Crippen LogP contribution in [0.5, 0.6) is 0 Å². The van der Waals surface area contributed by atoms with Crippen LogP contribution in [-0.4, -0.2) is 33.9 Å². The van der Waals surface area contributed by atoms with Gasteiger partial charge in [-0.1, -0.05) is 12.1 Å². The Morgan fingerprint density at radius 1 is 1.13 bits per heavy atom. The van der Waals surface area contributed by atoms with Crippen molar-refractivity contribution in [2.45, 2.75) is 33.1 Å². The number of rotatable bonds is 3. The predicted molar refractivity (Wildman–Crippen MR) is 91.0 cm³/mol. The molecule has 2 heterocycles. The molecule has 5 heteroatoms. The molecule has 2 aromatic rings. The number of aryl methyl sites for hydroxylation is 2. The van der Waals surface area contributed by atoms with Gasteiger partial charge in [-0.2, -0.15) is 0 Å². The summed E-state index contributed by atoms with van der Waals surface area (Å²) < 4.78 is 0. The van der Waals surface area contributed by atoms with E-state index < -0.39 is 0 Å². The lowest BCUT2D eigenvalue weighted by atomic mass is 10.1. The normalized spacial score (nSPS) is 14.6. The Hall–Kier alpha value is -2.43. The van der Waals surface area contributed by atoms with Gasteiger partial charge < -0.3 is 10.2 Å². The van der Waals surface area contributed by atoms with Gasteiger partial charge in [-0.25, -0.2) is 9.97 Å². The van der Waals surface area contributed by atoms with E-state index in [9.17, 15) is 4.79 Å². The summed E-state index contributed by atoms with van der Waals surface area (Å²) in [5, 5.41) is 3.22. The number of amides is 1. The fourth-order valence-corrected chi connectivity index (χ4v) is 2.79. The average Bonchev–Trinajstić information content (AvgIpc) is 2.58. The molecule has 0 bridgehead atoms. The number of carbonyl (C=O) groups excluding carboxylic acids is 1. The SMILES string of the molecule is Cc1ccc(C)c(Nc2nccc(C(=O)N3CCCCC3)n2)c1. The van der Waals surface area contributed by atoms with Crippen LogP contribution in [0.2, 0.25) is 0 Å². The third-order valence-corrected chi connectivity index (χ3v) is 4.16. The molecule has 1 aliphatic heterocycles. The monoisotopic (exact) mass is 310 g/mol. The summed E-state index contributed by atoms with van der Waals surface area (Å²) in [4.78, 5) is 23.1. The minimum atomic E-state index is -0.00360. The first-order valence-corrected chi connectivity index (χ1v) is 8.10. The summed E-state index contributed by atoms with van der Waals surface area (Å²) in [7, 11) is 0. The van der Waals surface area contributed by atoms with Crippen LogP contribution >= 0.6 is 0 Å². The van der Waals surface area contributed by atoms with Crippen molar-refractivity contribution in [2.24, 2.45) is 0 Å². The maximum atomic E-state index is 12.5. The van der Waals surface area contributed by atoms with Crippen molar-refractivity contribution in [1.29, 1.82) is 0 Å². The van der Waals surface area contributed by atoms with Crippen LogP contribution in [0.1, 0.15) is 40.9 Å². The number of hydrogen-bond acceptors (Lipinski definition) is 4. The Kier molecular flexibility index (Phi) is 4.55. The Morgan fingerprint density at radius 3 is 2.70 bits per heavy atom. The molecule has 1 aliphatic rings. The summed E-state index contributed by atoms with van der Waals surface area (Å²) in [5.74, 6) is 0.456. The average molecular weight is 310 g/mol. The van der Waals surface area contributed by atoms with Gasteiger partial charge in [-0.15, -0.1) is 0 Å². The summed E-state index contributed by atoms with van der Waals surface area (Å²) in [6.07, 6.45) is 4.99. The minimum absolute atomic E-state index is 0.00360. The second-order valence-corrected chi connectivity index (χ2v) is 6.06. The van der Waals surface area contributed by atoms with E-state index in [1.807, 2.05) is 18.7 Å². The van der Waals surface area contributed by atoms with Crippen LogP contribution in [0.15, 0.2) is 30.5 Å². The highest BCUT2D eigenvalue weighted by molar-refractivity contribution is 5.92. The van der Waals surface area contributed by atoms with Gasteiger partial charge in [-0.3, -0.25) is 4.79 Å². The molecule has 3 rings (SSSR count). The first-order chi connectivity index (χ1) is 11.1. The Morgan fingerprint density at radius 2 is 1.91 bits per heavy atom. The molecule has 5 nitrogen and oxygen atoms in total. The maximum Gasteiger partial charge on any atom is 0.272 e. The van der Waals surface area contributed by atoms with Crippen molar-refractivity contribution < 1.29 is 4.79 Å². The number of nitrogens with zero attached hydrogens (tertiary/aromatic N) is 3. The number of aromatic nitrogens is 2. The zero-order valence-corrected chi connectivity index (χ0v) is 13.7. The molecule has 120 valence electrons. The molecular weight excluding hydrogens is 288 g/mol. The third kappa shape index (κ3) is 3.67. The Balaban J connectivity index is 1.79. The molecule has 0 saturated carbocycles. The highest BCUT2D eigenvalue weighted by Crippen LogP contribution is 2.20. The molecule has 0 aliphatic carbocycles. The number of hydrogen-bond donors (Lipinski definition) is 1. The Bertz CT molecular complexity index is 708. The van der Waals surface area contributed by atoms with Crippen molar-refractivity contribution in [3.63, 3.8) is 0 Å². The van der Waals surface area contributed by atoms with Gasteiger partial charge in [0.2, 0.25) is 5.95 Å². The smallest absolute Gasteiger partial charge is 0.272 e. The molecule has 1 N–H and O–H groups in total. The molecule has 1 fully saturated rings. The standard InChI is InChI=1S/C18H22N4O/c1-13-6-7-14(2)16(12-13)21-18-19-9-8-15(20-18)17(23)22-10-4-3-5-11-22/h6-9,12H,3-5,10-11H2,1-2H3,(H,19,20,21). The summed E-state index contributed by atoms with van der Waals surface area (Å²) in [6, 6.07) is 7.86. The van der Waals surface area contributed by atoms with E-state index in [-0.39, 0.29) is 5.91 Å². The summed E-state index contributed by atoms with van der Waals surface area (Å²) in [6.45, 7) is 5.72. The van der Waals surface area contributed by atoms with Crippen molar-refractivity contribution in [2.75, 3.05) is 18.4 Å². The quantitative estimate of drug-likeness (QED) is 0.943. The largest absolute Gasteiger partial charge is 0.337 e. The van der Waals surface area contributed by atoms with Gasteiger partial charge in [0.15, 0.2) is 0 Å². The van der Waals surface area contributed by atoms with Crippen LogP contribution in [0.4, 0.5) is 11.6 Å². The van der Waals surface area contributed by atoms with Crippen LogP contribution in [0.3, 0.4) is 0 Å². The highest BCUT2D eigenvalue weighted by Gasteiger charge is 2.19. The second-order valence-electron chi connectivity index (χ2n) is 6.06. The number of anilines is 2. The van der Waals surface area contributed by atoms with Crippen molar-refractivity contribution >= 4 is 17.5 Å². The molecule has 0 unspecified atom stereocenters. The zero-order valence-electron chi connectivity index (χ0n) is 13.7. The van der Waals surface area contributed by atoms with Gasteiger partial charge >= 0.3 is 0 Å². The number of piperidine rings is 1. The van der Waals surface area contributed by atoms with Gasteiger partial charge in [0.1, 0.15) is 5.69 Å². The molecule has 0 atom stereocenters. The van der Waals surface area contributed by atoms with E-state index in [2.05, 4.69) is 33.5 Å². The van der Waals surface area contributed by atoms with Gasteiger partial charge in [-0.05, 0) is 56.4 Å². The Labute approximate surface area is 136 Å². The zero-order chi connectivity index (χ0) is 16.2. The topological polar surface area (TPSA) is 58.1 Å². The molecule has 1 aromatic carbocycles. The van der Waals surface area contributed by atoms with Crippen LogP contribution < -0.4 is 5.32 Å². The second kappa shape index (κ2) is 6.77. The van der Waals surface area contributed by atoms with Crippen LogP contribution in [0, 0.1) is 13.8 Å². The fraction of sp³-hybridized carbons (Fsp3) is 0.389. The van der Waals surface area contributed by atoms with Crippen LogP contribution in [-0.2, 0) is 0 Å². The molecule has 1 aromatic heterocycles. The lowest BCUT2D eigenvalue weighted by Crippen LogP contribution is -2.36. The van der Waals surface area contributed by atoms with E-state index in [1.165, 1.54) is 12.0 Å². The van der Waals surface area contributed by atoms with E-state index >= 15 is 0 Å². The van der Waals surface area contributed by atoms with Gasteiger partial charge in [0.05, 0.1) is 0 Å². The highest BCUT2D eigenvalue weighted by atomic mass is 16.2. The molecule has 23 heavy (non-hydrogen) atoms. The van der Waals surface area contributed by atoms with E-state index in [0.717, 1.165) is 37.2 Å². The summed E-state index contributed by atoms with van der Waals surface area (Å²) in [5.41, 5.74) is 3.70. The lowest BCUT2D eigenvalue weighted by molar-refractivity contribution is 0.0718. The molecule has 1 saturated heterocycles. The molecular formula is C18H22N4O.